The van der Waals surface area contributed by atoms with Crippen LogP contribution in [0, 0.1) is 0 Å². The summed E-state index contributed by atoms with van der Waals surface area (Å²) in [5.74, 6) is 0.175. The lowest BCUT2D eigenvalue weighted by Gasteiger charge is -2.06. The van der Waals surface area contributed by atoms with Crippen molar-refractivity contribution in [3.63, 3.8) is 0 Å². The van der Waals surface area contributed by atoms with E-state index in [0.717, 1.165) is 38.0 Å². The molecule has 28 heavy (non-hydrogen) atoms. The Morgan fingerprint density at radius 1 is 0.571 bits per heavy atom. The lowest BCUT2D eigenvalue weighted by Crippen LogP contribution is -2.11. The number of unbranched alkanes of at least 4 members (excludes halogenated alkanes) is 13. The average molecular weight is 419 g/mol. The highest BCUT2D eigenvalue weighted by atomic mass is 35.5. The van der Waals surface area contributed by atoms with Gasteiger partial charge in [-0.15, -0.1) is 11.6 Å². The highest BCUT2D eigenvalue weighted by molar-refractivity contribution is 6.17. The van der Waals surface area contributed by atoms with Crippen LogP contribution in [0.15, 0.2) is 0 Å². The van der Waals surface area contributed by atoms with Gasteiger partial charge in [0.1, 0.15) is 0 Å². The molecule has 0 unspecified atom stereocenters. The van der Waals surface area contributed by atoms with Gasteiger partial charge in [-0.25, -0.2) is 0 Å². The topological polar surface area (TPSA) is 52.6 Å². The molecule has 0 radical (unpaired) electrons. The molecule has 0 aromatic carbocycles. The molecule has 166 valence electrons. The van der Waals surface area contributed by atoms with Crippen LogP contribution in [0.1, 0.15) is 116 Å². The second-order valence-corrected chi connectivity index (χ2v) is 7.96. The molecule has 5 heteroatoms. The van der Waals surface area contributed by atoms with Crippen molar-refractivity contribution < 1.29 is 19.1 Å². The molecule has 0 fully saturated rings. The minimum absolute atomic E-state index is 0.121. The van der Waals surface area contributed by atoms with Crippen LogP contribution in [0.4, 0.5) is 0 Å². The molecule has 0 aromatic heterocycles. The molecule has 0 saturated heterocycles. The third-order valence-corrected chi connectivity index (χ3v) is 5.10. The van der Waals surface area contributed by atoms with Crippen molar-refractivity contribution in [3.8, 4) is 0 Å². The van der Waals surface area contributed by atoms with E-state index < -0.39 is 0 Å². The van der Waals surface area contributed by atoms with Crippen molar-refractivity contribution in [3.05, 3.63) is 0 Å². The van der Waals surface area contributed by atoms with Crippen molar-refractivity contribution in [2.45, 2.75) is 116 Å². The third-order valence-electron chi connectivity index (χ3n) is 4.84. The number of carbonyl (C=O) groups is 2. The van der Waals surface area contributed by atoms with E-state index in [0.29, 0.717) is 13.2 Å². The fourth-order valence-electron chi connectivity index (χ4n) is 3.04. The van der Waals surface area contributed by atoms with Gasteiger partial charge in [0.25, 0.3) is 0 Å². The molecule has 0 aliphatic heterocycles. The highest BCUT2D eigenvalue weighted by Gasteiger charge is 2.09. The number of hydrogen-bond acceptors (Lipinski definition) is 4. The second-order valence-electron chi connectivity index (χ2n) is 7.58. The molecule has 0 aromatic rings. The molecule has 0 spiro atoms. The van der Waals surface area contributed by atoms with E-state index in [1.165, 1.54) is 64.2 Å². The van der Waals surface area contributed by atoms with Gasteiger partial charge in [0, 0.05) is 5.88 Å². The number of halogens is 1. The zero-order valence-electron chi connectivity index (χ0n) is 18.2. The maximum absolute atomic E-state index is 11.6. The molecule has 0 heterocycles. The van der Waals surface area contributed by atoms with E-state index >= 15 is 0 Å². The van der Waals surface area contributed by atoms with E-state index in [1.807, 2.05) is 0 Å². The van der Waals surface area contributed by atoms with E-state index in [9.17, 15) is 9.59 Å². The summed E-state index contributed by atoms with van der Waals surface area (Å²) in [4.78, 5) is 23.3. The van der Waals surface area contributed by atoms with Gasteiger partial charge < -0.3 is 9.47 Å². The molecule has 0 amide bonds. The fourth-order valence-corrected chi connectivity index (χ4v) is 3.23. The third kappa shape index (κ3) is 21.5. The Morgan fingerprint density at radius 2 is 0.929 bits per heavy atom. The molecule has 0 atom stereocenters. The van der Waals surface area contributed by atoms with Gasteiger partial charge in [-0.2, -0.15) is 0 Å². The van der Waals surface area contributed by atoms with Gasteiger partial charge >= 0.3 is 11.9 Å². The van der Waals surface area contributed by atoms with E-state index in [1.54, 1.807) is 0 Å². The Morgan fingerprint density at radius 3 is 1.32 bits per heavy atom. The predicted molar refractivity (Wildman–Crippen MR) is 117 cm³/mol. The summed E-state index contributed by atoms with van der Waals surface area (Å²) in [5.41, 5.74) is 0. The van der Waals surface area contributed by atoms with Crippen molar-refractivity contribution >= 4 is 23.5 Å². The Balaban J connectivity index is 3.31. The van der Waals surface area contributed by atoms with E-state index in [2.05, 4.69) is 6.92 Å². The van der Waals surface area contributed by atoms with Crippen LogP contribution in [-0.4, -0.2) is 31.0 Å². The summed E-state index contributed by atoms with van der Waals surface area (Å²) >= 11 is 5.65. The first-order chi connectivity index (χ1) is 13.7. The molecule has 0 rings (SSSR count). The summed E-state index contributed by atoms with van der Waals surface area (Å²) in [7, 11) is 0. The maximum atomic E-state index is 11.6. The van der Waals surface area contributed by atoms with E-state index in [4.69, 9.17) is 21.1 Å². The molecular formula is C23H43ClO4. The fraction of sp³-hybridized carbons (Fsp3) is 0.913. The van der Waals surface area contributed by atoms with Crippen LogP contribution < -0.4 is 0 Å². The molecular weight excluding hydrogens is 376 g/mol. The van der Waals surface area contributed by atoms with Gasteiger partial charge in [-0.05, 0) is 19.3 Å². The van der Waals surface area contributed by atoms with Gasteiger partial charge in [-0.3, -0.25) is 9.59 Å². The van der Waals surface area contributed by atoms with Crippen LogP contribution in [0.25, 0.3) is 0 Å². The summed E-state index contributed by atoms with van der Waals surface area (Å²) in [6.45, 7) is 3.13. The number of hydrogen-bond donors (Lipinski definition) is 0. The largest absolute Gasteiger partial charge is 0.466 e. The molecule has 0 aliphatic carbocycles. The molecule has 0 aliphatic rings. The lowest BCUT2D eigenvalue weighted by molar-refractivity contribution is -0.150. The monoisotopic (exact) mass is 418 g/mol. The van der Waals surface area contributed by atoms with Crippen LogP contribution >= 0.6 is 11.6 Å². The number of rotatable bonds is 21. The van der Waals surface area contributed by atoms with Crippen LogP contribution in [0.3, 0.4) is 0 Å². The molecule has 4 nitrogen and oxygen atoms in total. The van der Waals surface area contributed by atoms with Crippen LogP contribution in [-0.2, 0) is 19.1 Å². The molecule has 0 saturated carbocycles. The minimum atomic E-state index is -0.297. The molecule has 0 bridgehead atoms. The smallest absolute Gasteiger partial charge is 0.306 e. The first-order valence-corrected chi connectivity index (χ1v) is 12.1. The Hall–Kier alpha value is -0.770. The van der Waals surface area contributed by atoms with Crippen molar-refractivity contribution in [2.24, 2.45) is 0 Å². The van der Waals surface area contributed by atoms with Crippen LogP contribution in [0.2, 0.25) is 0 Å². The SMILES string of the molecule is CCCCCCCCCOC(=O)CCC(=O)OCCCCCCCCCCCl. The second kappa shape index (κ2) is 22.5. The highest BCUT2D eigenvalue weighted by Crippen LogP contribution is 2.10. The Bertz CT molecular complexity index is 361. The summed E-state index contributed by atoms with van der Waals surface area (Å²) in [6.07, 6.45) is 17.9. The number of ether oxygens (including phenoxy) is 2. The zero-order chi connectivity index (χ0) is 20.7. The van der Waals surface area contributed by atoms with Gasteiger partial charge in [0.05, 0.1) is 26.1 Å². The summed E-state index contributed by atoms with van der Waals surface area (Å²) in [6, 6.07) is 0. The Labute approximate surface area is 178 Å². The van der Waals surface area contributed by atoms with Gasteiger partial charge in [0.15, 0.2) is 0 Å². The minimum Gasteiger partial charge on any atom is -0.466 e. The zero-order valence-corrected chi connectivity index (χ0v) is 18.9. The van der Waals surface area contributed by atoms with Gasteiger partial charge in [0.2, 0.25) is 0 Å². The lowest BCUT2D eigenvalue weighted by atomic mass is 10.1. The van der Waals surface area contributed by atoms with E-state index in [-0.39, 0.29) is 24.8 Å². The molecule has 0 N–H and O–H groups in total. The standard InChI is InChI=1S/C23H43ClO4/c1-2-3-4-5-9-12-15-20-27-22(25)17-18-23(26)28-21-16-13-10-7-6-8-11-14-19-24/h2-21H2,1H3. The average Bonchev–Trinajstić information content (AvgIpc) is 2.69. The maximum Gasteiger partial charge on any atom is 0.306 e. The Kier molecular flexibility index (Phi) is 21.9. The first kappa shape index (κ1) is 27.2. The number of alkyl halides is 1. The summed E-state index contributed by atoms with van der Waals surface area (Å²) in [5, 5.41) is 0. The van der Waals surface area contributed by atoms with Crippen molar-refractivity contribution in [2.75, 3.05) is 19.1 Å². The normalized spacial score (nSPS) is 10.8. The summed E-state index contributed by atoms with van der Waals surface area (Å²) < 4.78 is 10.4. The number of esters is 2. The quantitative estimate of drug-likeness (QED) is 0.115. The van der Waals surface area contributed by atoms with Crippen molar-refractivity contribution in [1.82, 2.24) is 0 Å². The van der Waals surface area contributed by atoms with Crippen LogP contribution in [0.5, 0.6) is 0 Å². The number of carbonyl (C=O) groups excluding carboxylic acids is 2. The predicted octanol–water partition coefficient (Wildman–Crippen LogP) is 6.96. The first-order valence-electron chi connectivity index (χ1n) is 11.6. The van der Waals surface area contributed by atoms with Gasteiger partial charge in [-0.1, -0.05) is 84.0 Å². The van der Waals surface area contributed by atoms with Crippen molar-refractivity contribution in [1.29, 1.82) is 0 Å².